The van der Waals surface area contributed by atoms with Crippen molar-refractivity contribution in [2.75, 3.05) is 0 Å². The van der Waals surface area contributed by atoms with Crippen molar-refractivity contribution in [2.45, 2.75) is 226 Å². The Morgan fingerprint density at radius 3 is 0.757 bits per heavy atom. The largest absolute Gasteiger partial charge is 0.0654 e. The van der Waals surface area contributed by atoms with Crippen molar-refractivity contribution in [1.82, 2.24) is 0 Å². The second-order valence-electron chi connectivity index (χ2n) is 12.6. The summed E-state index contributed by atoms with van der Waals surface area (Å²) in [7, 11) is 0. The lowest BCUT2D eigenvalue weighted by Crippen LogP contribution is -2.01. The fourth-order valence-electron chi connectivity index (χ4n) is 6.12. The van der Waals surface area contributed by atoms with E-state index in [-0.39, 0.29) is 0 Å². The predicted molar refractivity (Wildman–Crippen MR) is 173 cm³/mol. The van der Waals surface area contributed by atoms with Gasteiger partial charge in [-0.1, -0.05) is 233 Å². The van der Waals surface area contributed by atoms with Gasteiger partial charge in [0.05, 0.1) is 0 Å². The molecule has 0 bridgehead atoms. The van der Waals surface area contributed by atoms with E-state index in [1.807, 2.05) is 0 Å². The fraction of sp³-hybridized carbons (Fsp3) is 0.973. The van der Waals surface area contributed by atoms with Gasteiger partial charge in [0.25, 0.3) is 0 Å². The van der Waals surface area contributed by atoms with Crippen molar-refractivity contribution in [2.24, 2.45) is 5.92 Å². The molecule has 1 radical (unpaired) electrons. The van der Waals surface area contributed by atoms with E-state index < -0.39 is 0 Å². The van der Waals surface area contributed by atoms with Crippen LogP contribution in [0.2, 0.25) is 0 Å². The lowest BCUT2D eigenvalue weighted by Gasteiger charge is -2.16. The first-order valence-electron chi connectivity index (χ1n) is 18.1. The quantitative estimate of drug-likeness (QED) is 0.0756. The van der Waals surface area contributed by atoms with Gasteiger partial charge in [-0.15, -0.1) is 0 Å². The van der Waals surface area contributed by atoms with Crippen LogP contribution in [0.4, 0.5) is 0 Å². The van der Waals surface area contributed by atoms with E-state index >= 15 is 0 Å². The van der Waals surface area contributed by atoms with Crippen molar-refractivity contribution >= 4 is 0 Å². The number of rotatable bonds is 33. The zero-order chi connectivity index (χ0) is 26.9. The minimum Gasteiger partial charge on any atom is -0.0654 e. The van der Waals surface area contributed by atoms with Crippen LogP contribution in [0.15, 0.2) is 0 Å². The Labute approximate surface area is 238 Å². The summed E-state index contributed by atoms with van der Waals surface area (Å²) < 4.78 is 0. The summed E-state index contributed by atoms with van der Waals surface area (Å²) in [6, 6.07) is 0. The highest BCUT2D eigenvalue weighted by Gasteiger charge is 2.08. The standard InChI is InChI=1S/C37H75/c1-4-7-10-12-14-15-16-17-18-19-20-21-22-23-24-25-26-27-29-31-33-36-37(34-9-6-3)35-32-30-28-13-11-8-5-2/h37H,3-36H2,1-2H3. The van der Waals surface area contributed by atoms with E-state index in [0.717, 1.165) is 12.3 Å². The molecule has 0 aliphatic heterocycles. The molecular weight excluding hydrogens is 444 g/mol. The first kappa shape index (κ1) is 37.0. The summed E-state index contributed by atoms with van der Waals surface area (Å²) >= 11 is 0. The second kappa shape index (κ2) is 34.0. The average molecular weight is 520 g/mol. The lowest BCUT2D eigenvalue weighted by molar-refractivity contribution is 0.372. The van der Waals surface area contributed by atoms with Gasteiger partial charge in [-0.25, -0.2) is 0 Å². The van der Waals surface area contributed by atoms with Crippen LogP contribution in [-0.4, -0.2) is 0 Å². The Morgan fingerprint density at radius 1 is 0.297 bits per heavy atom. The third kappa shape index (κ3) is 32.1. The van der Waals surface area contributed by atoms with Crippen LogP contribution in [-0.2, 0) is 0 Å². The zero-order valence-corrected chi connectivity index (χ0v) is 26.6. The first-order chi connectivity index (χ1) is 18.3. The third-order valence-corrected chi connectivity index (χ3v) is 8.79. The molecule has 0 N–H and O–H groups in total. The molecule has 0 saturated heterocycles. The van der Waals surface area contributed by atoms with E-state index in [2.05, 4.69) is 20.8 Å². The highest BCUT2D eigenvalue weighted by molar-refractivity contribution is 4.62. The smallest absolute Gasteiger partial charge is 0.0414 e. The maximum atomic E-state index is 4.09. The van der Waals surface area contributed by atoms with Crippen molar-refractivity contribution in [3.63, 3.8) is 0 Å². The molecule has 0 nitrogen and oxygen atoms in total. The highest BCUT2D eigenvalue weighted by Crippen LogP contribution is 2.24. The molecule has 1 unspecified atom stereocenters. The molecule has 1 atom stereocenters. The second-order valence-corrected chi connectivity index (χ2v) is 12.6. The van der Waals surface area contributed by atoms with Gasteiger partial charge < -0.3 is 0 Å². The number of unbranched alkanes of at least 4 members (excludes halogenated alkanes) is 27. The van der Waals surface area contributed by atoms with Crippen LogP contribution in [0.25, 0.3) is 0 Å². The summed E-state index contributed by atoms with van der Waals surface area (Å²) in [4.78, 5) is 0. The van der Waals surface area contributed by atoms with Gasteiger partial charge in [-0.3, -0.25) is 0 Å². The molecule has 0 fully saturated rings. The number of hydrogen-bond donors (Lipinski definition) is 0. The molecule has 0 amide bonds. The minimum atomic E-state index is 0.998. The summed E-state index contributed by atoms with van der Waals surface area (Å²) in [6.45, 7) is 8.71. The van der Waals surface area contributed by atoms with E-state index in [4.69, 9.17) is 0 Å². The first-order valence-corrected chi connectivity index (χ1v) is 18.1. The summed E-state index contributed by atoms with van der Waals surface area (Å²) in [5.74, 6) is 0.998. The molecule has 37 heavy (non-hydrogen) atoms. The Morgan fingerprint density at radius 2 is 0.514 bits per heavy atom. The van der Waals surface area contributed by atoms with Gasteiger partial charge in [-0.2, -0.15) is 0 Å². The van der Waals surface area contributed by atoms with Crippen LogP contribution in [0.1, 0.15) is 226 Å². The van der Waals surface area contributed by atoms with E-state index in [1.165, 1.54) is 205 Å². The van der Waals surface area contributed by atoms with Crippen molar-refractivity contribution in [1.29, 1.82) is 0 Å². The normalized spacial score (nSPS) is 12.4. The van der Waals surface area contributed by atoms with Crippen LogP contribution in [0.5, 0.6) is 0 Å². The summed E-state index contributed by atoms with van der Waals surface area (Å²) in [6.07, 6.45) is 48.1. The summed E-state index contributed by atoms with van der Waals surface area (Å²) in [5.41, 5.74) is 0. The van der Waals surface area contributed by atoms with Gasteiger partial charge >= 0.3 is 0 Å². The van der Waals surface area contributed by atoms with Gasteiger partial charge in [0, 0.05) is 0 Å². The molecule has 0 aromatic heterocycles. The molecule has 0 heteroatoms. The van der Waals surface area contributed by atoms with Crippen molar-refractivity contribution < 1.29 is 0 Å². The third-order valence-electron chi connectivity index (χ3n) is 8.79. The van der Waals surface area contributed by atoms with E-state index in [1.54, 1.807) is 0 Å². The topological polar surface area (TPSA) is 0 Å². The minimum absolute atomic E-state index is 0.998. The summed E-state index contributed by atoms with van der Waals surface area (Å²) in [5, 5.41) is 0. The van der Waals surface area contributed by atoms with Gasteiger partial charge in [-0.05, 0) is 5.92 Å². The van der Waals surface area contributed by atoms with Crippen LogP contribution in [0.3, 0.4) is 0 Å². The van der Waals surface area contributed by atoms with Gasteiger partial charge in [0.15, 0.2) is 0 Å². The zero-order valence-electron chi connectivity index (χ0n) is 26.6. The lowest BCUT2D eigenvalue weighted by atomic mass is 9.90. The fourth-order valence-corrected chi connectivity index (χ4v) is 6.12. The molecule has 223 valence electrons. The Kier molecular flexibility index (Phi) is 34.0. The Bertz CT molecular complexity index is 372. The van der Waals surface area contributed by atoms with E-state index in [9.17, 15) is 0 Å². The van der Waals surface area contributed by atoms with Gasteiger partial charge in [0.2, 0.25) is 0 Å². The highest BCUT2D eigenvalue weighted by atomic mass is 14.1. The molecule has 0 spiro atoms. The molecular formula is C37H75. The molecule has 0 heterocycles. The Hall–Kier alpha value is 0. The van der Waals surface area contributed by atoms with Crippen molar-refractivity contribution in [3.05, 3.63) is 6.92 Å². The van der Waals surface area contributed by atoms with Crippen LogP contribution >= 0.6 is 0 Å². The Balaban J connectivity index is 3.35. The molecule has 0 rings (SSSR count). The molecule has 0 aromatic rings. The average Bonchev–Trinajstić information content (AvgIpc) is 2.91. The van der Waals surface area contributed by atoms with Crippen LogP contribution in [0, 0.1) is 12.8 Å². The molecule has 0 aromatic carbocycles. The monoisotopic (exact) mass is 520 g/mol. The van der Waals surface area contributed by atoms with Crippen LogP contribution < -0.4 is 0 Å². The number of hydrogen-bond acceptors (Lipinski definition) is 0. The molecule has 0 aliphatic carbocycles. The maximum absolute atomic E-state index is 4.09. The predicted octanol–water partition coefficient (Wildman–Crippen LogP) is 14.3. The SMILES string of the molecule is [CH2]CCCC(CCCCCCCCC)CCCCCCCCCCCCCCCCCCCCCCC. The molecule has 0 aliphatic rings. The van der Waals surface area contributed by atoms with E-state index in [0.29, 0.717) is 0 Å². The molecule has 0 saturated carbocycles. The van der Waals surface area contributed by atoms with Crippen molar-refractivity contribution in [3.8, 4) is 0 Å². The maximum Gasteiger partial charge on any atom is -0.0414 e. The van der Waals surface area contributed by atoms with Gasteiger partial charge in [0.1, 0.15) is 0 Å².